The minimum atomic E-state index is -0.175. The van der Waals surface area contributed by atoms with Gasteiger partial charge in [-0.1, -0.05) is 6.92 Å². The largest absolute Gasteiger partial charge is 0.352 e. The van der Waals surface area contributed by atoms with Gasteiger partial charge in [0.05, 0.1) is 11.9 Å². The van der Waals surface area contributed by atoms with Gasteiger partial charge < -0.3 is 14.8 Å². The smallest absolute Gasteiger partial charge is 0.252 e. The van der Waals surface area contributed by atoms with Gasteiger partial charge in [0.15, 0.2) is 5.65 Å². The molecule has 2 amide bonds. The number of nitrogens with zero attached hydrogens (tertiary/aromatic N) is 4. The van der Waals surface area contributed by atoms with Gasteiger partial charge in [0.25, 0.3) is 5.91 Å². The molecular formula is C16H21N5O2. The van der Waals surface area contributed by atoms with Crippen LogP contribution >= 0.6 is 0 Å². The number of hydrogen-bond donors (Lipinski definition) is 1. The van der Waals surface area contributed by atoms with Crippen molar-refractivity contribution in [1.29, 1.82) is 0 Å². The third-order valence-electron chi connectivity index (χ3n) is 4.15. The molecule has 1 aliphatic heterocycles. The van der Waals surface area contributed by atoms with E-state index in [1.54, 1.807) is 18.6 Å². The van der Waals surface area contributed by atoms with Gasteiger partial charge in [-0.2, -0.15) is 0 Å². The number of nitrogens with one attached hydrogen (secondary N) is 1. The third-order valence-corrected chi connectivity index (χ3v) is 4.15. The van der Waals surface area contributed by atoms with E-state index in [2.05, 4.69) is 22.2 Å². The molecule has 1 saturated heterocycles. The average Bonchev–Trinajstić information content (AvgIpc) is 3.09. The van der Waals surface area contributed by atoms with Gasteiger partial charge in [-0.05, 0) is 12.5 Å². The van der Waals surface area contributed by atoms with Crippen LogP contribution in [0.3, 0.4) is 0 Å². The number of hydrogen-bond acceptors (Lipinski definition) is 4. The average molecular weight is 315 g/mol. The minimum Gasteiger partial charge on any atom is -0.352 e. The Morgan fingerprint density at radius 2 is 2.26 bits per heavy atom. The van der Waals surface area contributed by atoms with Gasteiger partial charge in [0, 0.05) is 45.2 Å². The highest BCUT2D eigenvalue weighted by molar-refractivity contribution is 5.96. The van der Waals surface area contributed by atoms with Crippen molar-refractivity contribution in [2.45, 2.75) is 19.8 Å². The van der Waals surface area contributed by atoms with Crippen molar-refractivity contribution in [1.82, 2.24) is 24.8 Å². The summed E-state index contributed by atoms with van der Waals surface area (Å²) in [6.07, 6.45) is 4.70. The SMILES string of the molecule is CCCN1C[C@@H](CNC(=O)c2cnc3c(c2)ncn3C)CC1=O. The van der Waals surface area contributed by atoms with Crippen LogP contribution < -0.4 is 5.32 Å². The fourth-order valence-corrected chi connectivity index (χ4v) is 2.96. The lowest BCUT2D eigenvalue weighted by molar-refractivity contribution is -0.127. The fraction of sp³-hybridized carbons (Fsp3) is 0.500. The first-order valence-corrected chi connectivity index (χ1v) is 7.91. The molecule has 1 atom stereocenters. The summed E-state index contributed by atoms with van der Waals surface area (Å²) < 4.78 is 1.81. The molecule has 0 unspecified atom stereocenters. The molecule has 122 valence electrons. The predicted octanol–water partition coefficient (Wildman–Crippen LogP) is 0.957. The molecule has 1 aliphatic rings. The van der Waals surface area contributed by atoms with Crippen LogP contribution in [0.2, 0.25) is 0 Å². The Morgan fingerprint density at radius 3 is 3.04 bits per heavy atom. The molecule has 2 aromatic rings. The van der Waals surface area contributed by atoms with E-state index in [-0.39, 0.29) is 17.7 Å². The van der Waals surface area contributed by atoms with E-state index in [1.165, 1.54) is 0 Å². The van der Waals surface area contributed by atoms with Gasteiger partial charge in [-0.3, -0.25) is 9.59 Å². The number of aromatic nitrogens is 3. The van der Waals surface area contributed by atoms with Crippen LogP contribution in [0.4, 0.5) is 0 Å². The van der Waals surface area contributed by atoms with Crippen molar-refractivity contribution >= 4 is 23.0 Å². The molecule has 3 rings (SSSR count). The van der Waals surface area contributed by atoms with E-state index >= 15 is 0 Å². The van der Waals surface area contributed by atoms with E-state index in [0.29, 0.717) is 24.0 Å². The molecule has 0 aromatic carbocycles. The Bertz CT molecular complexity index is 739. The van der Waals surface area contributed by atoms with Crippen LogP contribution in [0.25, 0.3) is 11.2 Å². The van der Waals surface area contributed by atoms with Crippen molar-refractivity contribution < 1.29 is 9.59 Å². The number of likely N-dealkylation sites (tertiary alicyclic amines) is 1. The minimum absolute atomic E-state index is 0.175. The second kappa shape index (κ2) is 6.36. The quantitative estimate of drug-likeness (QED) is 0.891. The van der Waals surface area contributed by atoms with Gasteiger partial charge in [-0.15, -0.1) is 0 Å². The molecule has 7 heteroatoms. The zero-order chi connectivity index (χ0) is 16.4. The first-order valence-electron chi connectivity index (χ1n) is 7.91. The Hall–Kier alpha value is -2.44. The third kappa shape index (κ3) is 3.18. The molecule has 23 heavy (non-hydrogen) atoms. The molecule has 0 spiro atoms. The summed E-state index contributed by atoms with van der Waals surface area (Å²) >= 11 is 0. The number of carbonyl (C=O) groups excluding carboxylic acids is 2. The van der Waals surface area contributed by atoms with Crippen LogP contribution in [0.15, 0.2) is 18.6 Å². The van der Waals surface area contributed by atoms with Gasteiger partial charge in [0.1, 0.15) is 5.52 Å². The van der Waals surface area contributed by atoms with Crippen molar-refractivity contribution in [2.24, 2.45) is 13.0 Å². The highest BCUT2D eigenvalue weighted by Crippen LogP contribution is 2.17. The molecule has 0 radical (unpaired) electrons. The van der Waals surface area contributed by atoms with Gasteiger partial charge in [0.2, 0.25) is 5.91 Å². The summed E-state index contributed by atoms with van der Waals surface area (Å²) in [5, 5.41) is 2.90. The van der Waals surface area contributed by atoms with Crippen LogP contribution in [-0.2, 0) is 11.8 Å². The monoisotopic (exact) mass is 315 g/mol. The molecule has 0 aliphatic carbocycles. The van der Waals surface area contributed by atoms with E-state index in [9.17, 15) is 9.59 Å². The Kier molecular flexibility index (Phi) is 4.27. The second-order valence-corrected chi connectivity index (χ2v) is 6.04. The highest BCUT2D eigenvalue weighted by Gasteiger charge is 2.29. The second-order valence-electron chi connectivity index (χ2n) is 6.04. The van der Waals surface area contributed by atoms with Gasteiger partial charge in [-0.25, -0.2) is 9.97 Å². The number of aryl methyl sites for hydroxylation is 1. The summed E-state index contributed by atoms with van der Waals surface area (Å²) in [4.78, 5) is 34.4. The summed E-state index contributed by atoms with van der Waals surface area (Å²) in [5.74, 6) is 0.193. The first kappa shape index (κ1) is 15.5. The Balaban J connectivity index is 1.59. The first-order chi connectivity index (χ1) is 11.1. The molecule has 0 saturated carbocycles. The van der Waals surface area contributed by atoms with Crippen molar-refractivity contribution in [2.75, 3.05) is 19.6 Å². The summed E-state index contributed by atoms with van der Waals surface area (Å²) in [6, 6.07) is 1.74. The highest BCUT2D eigenvalue weighted by atomic mass is 16.2. The molecule has 2 aromatic heterocycles. The Labute approximate surface area is 134 Å². The lowest BCUT2D eigenvalue weighted by Crippen LogP contribution is -2.31. The molecule has 7 nitrogen and oxygen atoms in total. The van der Waals surface area contributed by atoms with E-state index in [1.807, 2.05) is 16.5 Å². The van der Waals surface area contributed by atoms with E-state index in [0.717, 1.165) is 25.2 Å². The summed E-state index contributed by atoms with van der Waals surface area (Å²) in [5.41, 5.74) is 1.94. The zero-order valence-corrected chi connectivity index (χ0v) is 13.5. The fourth-order valence-electron chi connectivity index (χ4n) is 2.96. The van der Waals surface area contributed by atoms with E-state index in [4.69, 9.17) is 0 Å². The van der Waals surface area contributed by atoms with Crippen LogP contribution in [0.1, 0.15) is 30.1 Å². The molecule has 3 heterocycles. The number of pyridine rings is 1. The number of amides is 2. The number of imidazole rings is 1. The molecule has 1 N–H and O–H groups in total. The molecular weight excluding hydrogens is 294 g/mol. The van der Waals surface area contributed by atoms with Gasteiger partial charge >= 0.3 is 0 Å². The van der Waals surface area contributed by atoms with Crippen LogP contribution in [-0.4, -0.2) is 50.9 Å². The summed E-state index contributed by atoms with van der Waals surface area (Å²) in [6.45, 7) is 4.09. The maximum Gasteiger partial charge on any atom is 0.252 e. The van der Waals surface area contributed by atoms with E-state index < -0.39 is 0 Å². The number of rotatable bonds is 5. The van der Waals surface area contributed by atoms with Crippen molar-refractivity contribution in [3.8, 4) is 0 Å². The predicted molar refractivity (Wildman–Crippen MR) is 85.8 cm³/mol. The van der Waals surface area contributed by atoms with Crippen LogP contribution in [0, 0.1) is 5.92 Å². The number of carbonyl (C=O) groups is 2. The maximum absolute atomic E-state index is 12.3. The van der Waals surface area contributed by atoms with Crippen molar-refractivity contribution in [3.63, 3.8) is 0 Å². The normalized spacial score (nSPS) is 17.9. The molecule has 0 bridgehead atoms. The summed E-state index contributed by atoms with van der Waals surface area (Å²) in [7, 11) is 1.86. The lowest BCUT2D eigenvalue weighted by Gasteiger charge is -2.15. The molecule has 1 fully saturated rings. The zero-order valence-electron chi connectivity index (χ0n) is 13.5. The van der Waals surface area contributed by atoms with Crippen LogP contribution in [0.5, 0.6) is 0 Å². The Morgan fingerprint density at radius 1 is 1.43 bits per heavy atom. The lowest BCUT2D eigenvalue weighted by atomic mass is 10.1. The number of fused-ring (bicyclic) bond motifs is 1. The standard InChI is InChI=1S/C16H21N5O2/c1-3-4-21-9-11(5-14(21)22)7-18-16(23)12-6-13-15(17-8-12)20(2)10-19-13/h6,8,10-11H,3-5,7,9H2,1-2H3,(H,18,23)/t11-/m1/s1. The topological polar surface area (TPSA) is 80.1 Å². The maximum atomic E-state index is 12.3. The van der Waals surface area contributed by atoms with Crippen molar-refractivity contribution in [3.05, 3.63) is 24.2 Å².